The van der Waals surface area contributed by atoms with E-state index in [0.717, 1.165) is 5.33 Å². The van der Waals surface area contributed by atoms with Crippen molar-refractivity contribution in [2.75, 3.05) is 11.9 Å². The van der Waals surface area contributed by atoms with Crippen LogP contribution in [0.5, 0.6) is 0 Å². The van der Waals surface area contributed by atoms with Gasteiger partial charge in [-0.3, -0.25) is 4.18 Å². The van der Waals surface area contributed by atoms with E-state index in [1.165, 1.54) is 12.1 Å². The molecule has 0 radical (unpaired) electrons. The molecular weight excluding hydrogens is 268 g/mol. The molecule has 0 amide bonds. The Labute approximate surface area is 92.3 Å². The van der Waals surface area contributed by atoms with Gasteiger partial charge in [0.25, 0.3) is 10.1 Å². The fourth-order valence-corrected chi connectivity index (χ4v) is 2.07. The number of benzene rings is 1. The highest BCUT2D eigenvalue weighted by Gasteiger charge is 2.13. The lowest BCUT2D eigenvalue weighted by atomic mass is 10.4. The summed E-state index contributed by atoms with van der Waals surface area (Å²) in [5, 5.41) is 0.733. The molecule has 0 spiro atoms. The molecule has 1 aromatic carbocycles. The molecule has 0 atom stereocenters. The van der Waals surface area contributed by atoms with Gasteiger partial charge in [-0.15, -0.1) is 0 Å². The first-order valence-electron chi connectivity index (χ1n) is 4.17. The first-order valence-corrected chi connectivity index (χ1v) is 6.70. The van der Waals surface area contributed by atoms with Gasteiger partial charge in [0.05, 0.1) is 11.5 Å². The largest absolute Gasteiger partial charge is 0.296 e. The molecule has 14 heavy (non-hydrogen) atoms. The predicted molar refractivity (Wildman–Crippen MR) is 58.0 cm³/mol. The van der Waals surface area contributed by atoms with Crippen molar-refractivity contribution in [3.05, 3.63) is 30.3 Å². The molecule has 0 bridgehead atoms. The van der Waals surface area contributed by atoms with Crippen molar-refractivity contribution in [1.82, 2.24) is 0 Å². The quantitative estimate of drug-likeness (QED) is 0.471. The van der Waals surface area contributed by atoms with E-state index in [1.807, 2.05) is 0 Å². The monoisotopic (exact) mass is 278 g/mol. The molecule has 0 aliphatic rings. The van der Waals surface area contributed by atoms with E-state index in [0.29, 0.717) is 6.42 Å². The van der Waals surface area contributed by atoms with E-state index in [2.05, 4.69) is 15.9 Å². The van der Waals surface area contributed by atoms with E-state index < -0.39 is 10.1 Å². The Kier molecular flexibility index (Phi) is 4.57. The highest BCUT2D eigenvalue weighted by molar-refractivity contribution is 9.09. The van der Waals surface area contributed by atoms with Crippen molar-refractivity contribution in [3.8, 4) is 0 Å². The Morgan fingerprint density at radius 3 is 2.43 bits per heavy atom. The average molecular weight is 279 g/mol. The van der Waals surface area contributed by atoms with Gasteiger partial charge in [0.15, 0.2) is 0 Å². The van der Waals surface area contributed by atoms with Crippen molar-refractivity contribution in [3.63, 3.8) is 0 Å². The van der Waals surface area contributed by atoms with Crippen molar-refractivity contribution >= 4 is 26.0 Å². The van der Waals surface area contributed by atoms with E-state index in [1.54, 1.807) is 18.2 Å². The van der Waals surface area contributed by atoms with Crippen LogP contribution in [-0.2, 0) is 14.3 Å². The fraction of sp³-hybridized carbons (Fsp3) is 0.333. The lowest BCUT2D eigenvalue weighted by Gasteiger charge is -2.03. The average Bonchev–Trinajstić information content (AvgIpc) is 2.19. The van der Waals surface area contributed by atoms with Crippen LogP contribution in [0.4, 0.5) is 0 Å². The summed E-state index contributed by atoms with van der Waals surface area (Å²) in [6.45, 7) is 0.211. The molecule has 3 nitrogen and oxygen atoms in total. The van der Waals surface area contributed by atoms with E-state index in [-0.39, 0.29) is 11.5 Å². The van der Waals surface area contributed by atoms with Crippen LogP contribution < -0.4 is 0 Å². The van der Waals surface area contributed by atoms with Gasteiger partial charge in [-0.1, -0.05) is 34.1 Å². The Hall–Kier alpha value is -0.390. The Bertz CT molecular complexity index is 361. The van der Waals surface area contributed by atoms with Gasteiger partial charge in [-0.25, -0.2) is 0 Å². The van der Waals surface area contributed by atoms with Crippen molar-refractivity contribution in [2.24, 2.45) is 0 Å². The minimum atomic E-state index is -3.55. The highest BCUT2D eigenvalue weighted by Crippen LogP contribution is 2.11. The Morgan fingerprint density at radius 2 is 1.86 bits per heavy atom. The second kappa shape index (κ2) is 5.48. The van der Waals surface area contributed by atoms with Gasteiger partial charge in [0.2, 0.25) is 0 Å². The van der Waals surface area contributed by atoms with E-state index in [4.69, 9.17) is 4.18 Å². The molecule has 0 N–H and O–H groups in total. The summed E-state index contributed by atoms with van der Waals surface area (Å²) in [5.41, 5.74) is 0. The van der Waals surface area contributed by atoms with Gasteiger partial charge >= 0.3 is 0 Å². The number of alkyl halides is 1. The summed E-state index contributed by atoms with van der Waals surface area (Å²) in [5.74, 6) is 0. The van der Waals surface area contributed by atoms with Crippen LogP contribution in [0.3, 0.4) is 0 Å². The zero-order valence-electron chi connectivity index (χ0n) is 7.52. The zero-order valence-corrected chi connectivity index (χ0v) is 9.92. The molecule has 1 rings (SSSR count). The first-order chi connectivity index (χ1) is 6.67. The van der Waals surface area contributed by atoms with Crippen molar-refractivity contribution < 1.29 is 12.6 Å². The Morgan fingerprint density at radius 1 is 1.21 bits per heavy atom. The molecule has 78 valence electrons. The summed E-state index contributed by atoms with van der Waals surface area (Å²) in [6.07, 6.45) is 0.673. The zero-order chi connectivity index (χ0) is 10.4. The summed E-state index contributed by atoms with van der Waals surface area (Å²) < 4.78 is 27.7. The molecule has 0 unspecified atom stereocenters. The van der Waals surface area contributed by atoms with Crippen LogP contribution in [0.25, 0.3) is 0 Å². The third-order valence-corrected chi connectivity index (χ3v) is 3.44. The SMILES string of the molecule is O=S(=O)(OCCCBr)c1ccccc1. The second-order valence-electron chi connectivity index (χ2n) is 2.63. The highest BCUT2D eigenvalue weighted by atomic mass is 79.9. The minimum absolute atomic E-state index is 0.203. The van der Waals surface area contributed by atoms with Gasteiger partial charge in [0.1, 0.15) is 0 Å². The second-order valence-corrected chi connectivity index (χ2v) is 5.04. The normalized spacial score (nSPS) is 11.5. The van der Waals surface area contributed by atoms with Gasteiger partial charge in [-0.05, 0) is 18.6 Å². The topological polar surface area (TPSA) is 43.4 Å². The number of rotatable bonds is 5. The lowest BCUT2D eigenvalue weighted by molar-refractivity contribution is 0.319. The smallest absolute Gasteiger partial charge is 0.266 e. The summed E-state index contributed by atoms with van der Waals surface area (Å²) >= 11 is 3.20. The molecule has 5 heteroatoms. The van der Waals surface area contributed by atoms with E-state index >= 15 is 0 Å². The van der Waals surface area contributed by atoms with Crippen LogP contribution >= 0.6 is 15.9 Å². The van der Waals surface area contributed by atoms with E-state index in [9.17, 15) is 8.42 Å². The summed E-state index contributed by atoms with van der Waals surface area (Å²) in [7, 11) is -3.55. The maximum atomic E-state index is 11.5. The fourth-order valence-electron chi connectivity index (χ4n) is 0.878. The van der Waals surface area contributed by atoms with Crippen molar-refractivity contribution in [1.29, 1.82) is 0 Å². The van der Waals surface area contributed by atoms with Crippen LogP contribution in [0.2, 0.25) is 0 Å². The lowest BCUT2D eigenvalue weighted by Crippen LogP contribution is -2.07. The van der Waals surface area contributed by atoms with Gasteiger partial charge in [0, 0.05) is 5.33 Å². The van der Waals surface area contributed by atoms with Crippen LogP contribution in [0, 0.1) is 0 Å². The Balaban J connectivity index is 2.67. The molecular formula is C9H11BrO3S. The molecule has 0 aromatic heterocycles. The maximum Gasteiger partial charge on any atom is 0.296 e. The van der Waals surface area contributed by atoms with Crippen molar-refractivity contribution in [2.45, 2.75) is 11.3 Å². The number of hydrogen-bond acceptors (Lipinski definition) is 3. The molecule has 0 heterocycles. The first kappa shape index (κ1) is 11.7. The van der Waals surface area contributed by atoms with Crippen LogP contribution in [0.1, 0.15) is 6.42 Å². The summed E-state index contributed by atoms with van der Waals surface area (Å²) in [6, 6.07) is 8.13. The number of hydrogen-bond donors (Lipinski definition) is 0. The van der Waals surface area contributed by atoms with Crippen LogP contribution in [-0.4, -0.2) is 20.4 Å². The van der Waals surface area contributed by atoms with Gasteiger partial charge < -0.3 is 0 Å². The molecule has 0 saturated carbocycles. The third-order valence-electron chi connectivity index (χ3n) is 1.55. The third kappa shape index (κ3) is 3.40. The molecule has 0 aliphatic carbocycles. The van der Waals surface area contributed by atoms with Gasteiger partial charge in [-0.2, -0.15) is 8.42 Å². The number of halogens is 1. The maximum absolute atomic E-state index is 11.5. The molecule has 0 saturated heterocycles. The standard InChI is InChI=1S/C9H11BrO3S/c10-7-4-8-13-14(11,12)9-5-2-1-3-6-9/h1-3,5-6H,4,7-8H2. The molecule has 0 aliphatic heterocycles. The predicted octanol–water partition coefficient (Wildman–Crippen LogP) is 2.18. The van der Waals surface area contributed by atoms with Crippen LogP contribution in [0.15, 0.2) is 35.2 Å². The minimum Gasteiger partial charge on any atom is -0.266 e. The molecule has 0 fully saturated rings. The molecule has 1 aromatic rings. The summed E-state index contributed by atoms with van der Waals surface area (Å²) in [4.78, 5) is 0.203.